The smallest absolute Gasteiger partial charge is 0.229 e. The van der Waals surface area contributed by atoms with Gasteiger partial charge in [-0.25, -0.2) is 4.98 Å². The molecular weight excluding hydrogens is 372 g/mol. The number of rotatable bonds is 7. The fourth-order valence-electron chi connectivity index (χ4n) is 3.17. The molecule has 140 valence electrons. The predicted molar refractivity (Wildman–Crippen MR) is 113 cm³/mol. The summed E-state index contributed by atoms with van der Waals surface area (Å²) in [5.41, 5.74) is 3.43. The third kappa shape index (κ3) is 4.47. The zero-order chi connectivity index (χ0) is 18.8. The van der Waals surface area contributed by atoms with Crippen molar-refractivity contribution in [3.63, 3.8) is 0 Å². The first-order chi connectivity index (χ1) is 13.1. The van der Waals surface area contributed by atoms with E-state index in [-0.39, 0.29) is 5.91 Å². The Morgan fingerprint density at radius 3 is 2.59 bits per heavy atom. The normalized spacial score (nSPS) is 13.9. The molecular formula is C22H24N2OS2. The number of thiazole rings is 1. The average Bonchev–Trinajstić information content (AvgIpc) is 3.15. The van der Waals surface area contributed by atoms with Gasteiger partial charge in [-0.1, -0.05) is 44.2 Å². The molecule has 27 heavy (non-hydrogen) atoms. The molecule has 1 fully saturated rings. The molecule has 5 heteroatoms. The van der Waals surface area contributed by atoms with Crippen molar-refractivity contribution < 1.29 is 4.79 Å². The summed E-state index contributed by atoms with van der Waals surface area (Å²) in [6, 6.07) is 13.2. The maximum absolute atomic E-state index is 13.0. The Labute approximate surface area is 168 Å². The zero-order valence-electron chi connectivity index (χ0n) is 15.7. The van der Waals surface area contributed by atoms with E-state index in [2.05, 4.69) is 59.4 Å². The summed E-state index contributed by atoms with van der Waals surface area (Å²) in [5, 5.41) is 5.09. The lowest BCUT2D eigenvalue weighted by atomic mass is 10.0. The van der Waals surface area contributed by atoms with Gasteiger partial charge in [-0.15, -0.1) is 22.7 Å². The van der Waals surface area contributed by atoms with E-state index in [0.717, 1.165) is 23.5 Å². The quantitative estimate of drug-likeness (QED) is 0.511. The fourth-order valence-corrected chi connectivity index (χ4v) is 4.80. The molecule has 0 bridgehead atoms. The Kier molecular flexibility index (Phi) is 5.41. The third-order valence-corrected chi connectivity index (χ3v) is 6.85. The van der Waals surface area contributed by atoms with E-state index in [1.54, 1.807) is 22.7 Å². The van der Waals surface area contributed by atoms with Crippen LogP contribution in [-0.4, -0.2) is 21.8 Å². The van der Waals surface area contributed by atoms with Gasteiger partial charge >= 0.3 is 0 Å². The SMILES string of the molecule is CC(C)c1ccc(CN(C(=O)Cc2csc(-c3cccs3)n2)C2CC2)cc1. The molecule has 0 radical (unpaired) electrons. The van der Waals surface area contributed by atoms with E-state index in [1.165, 1.54) is 16.0 Å². The van der Waals surface area contributed by atoms with E-state index in [9.17, 15) is 4.79 Å². The van der Waals surface area contributed by atoms with Crippen LogP contribution in [0, 0.1) is 0 Å². The van der Waals surface area contributed by atoms with Crippen LogP contribution in [0.2, 0.25) is 0 Å². The summed E-state index contributed by atoms with van der Waals surface area (Å²) < 4.78 is 0. The summed E-state index contributed by atoms with van der Waals surface area (Å²) >= 11 is 3.31. The number of carbonyl (C=O) groups excluding carboxylic acids is 1. The van der Waals surface area contributed by atoms with E-state index < -0.39 is 0 Å². The maximum atomic E-state index is 13.0. The second-order valence-electron chi connectivity index (χ2n) is 7.45. The van der Waals surface area contributed by atoms with Gasteiger partial charge < -0.3 is 4.90 Å². The summed E-state index contributed by atoms with van der Waals surface area (Å²) in [7, 11) is 0. The molecule has 3 nitrogen and oxygen atoms in total. The minimum Gasteiger partial charge on any atom is -0.335 e. The van der Waals surface area contributed by atoms with Gasteiger partial charge in [0, 0.05) is 18.0 Å². The number of thiophene rings is 1. The summed E-state index contributed by atoms with van der Waals surface area (Å²) in [6.07, 6.45) is 2.63. The number of nitrogens with zero attached hydrogens (tertiary/aromatic N) is 2. The highest BCUT2D eigenvalue weighted by atomic mass is 32.1. The number of aromatic nitrogens is 1. The maximum Gasteiger partial charge on any atom is 0.229 e. The number of hydrogen-bond donors (Lipinski definition) is 0. The molecule has 4 rings (SSSR count). The first kappa shape index (κ1) is 18.4. The molecule has 2 aromatic heterocycles. The summed E-state index contributed by atoms with van der Waals surface area (Å²) in [5.74, 6) is 0.718. The van der Waals surface area contributed by atoms with Gasteiger partial charge in [0.05, 0.1) is 17.0 Å². The zero-order valence-corrected chi connectivity index (χ0v) is 17.4. The number of benzene rings is 1. The van der Waals surface area contributed by atoms with Gasteiger partial charge in [-0.3, -0.25) is 4.79 Å². The van der Waals surface area contributed by atoms with Gasteiger partial charge in [0.15, 0.2) is 0 Å². The topological polar surface area (TPSA) is 33.2 Å². The summed E-state index contributed by atoms with van der Waals surface area (Å²) in [6.45, 7) is 5.10. The van der Waals surface area contributed by atoms with Gasteiger partial charge in [0.25, 0.3) is 0 Å². The van der Waals surface area contributed by atoms with E-state index >= 15 is 0 Å². The Morgan fingerprint density at radius 2 is 1.96 bits per heavy atom. The Hall–Kier alpha value is -1.98. The van der Waals surface area contributed by atoms with Crippen LogP contribution >= 0.6 is 22.7 Å². The second kappa shape index (κ2) is 7.95. The highest BCUT2D eigenvalue weighted by Gasteiger charge is 2.32. The molecule has 1 amide bonds. The van der Waals surface area contributed by atoms with Crippen LogP contribution in [0.15, 0.2) is 47.2 Å². The van der Waals surface area contributed by atoms with Gasteiger partial charge in [0.2, 0.25) is 5.91 Å². The van der Waals surface area contributed by atoms with Crippen LogP contribution in [0.5, 0.6) is 0 Å². The van der Waals surface area contributed by atoms with Crippen LogP contribution in [0.1, 0.15) is 49.4 Å². The molecule has 0 unspecified atom stereocenters. The monoisotopic (exact) mass is 396 g/mol. The number of hydrogen-bond acceptors (Lipinski definition) is 4. The Balaban J connectivity index is 1.43. The molecule has 0 aliphatic heterocycles. The summed E-state index contributed by atoms with van der Waals surface area (Å²) in [4.78, 5) is 20.9. The van der Waals surface area contributed by atoms with Gasteiger partial charge in [-0.2, -0.15) is 0 Å². The van der Waals surface area contributed by atoms with E-state index in [4.69, 9.17) is 0 Å². The van der Waals surface area contributed by atoms with Crippen LogP contribution < -0.4 is 0 Å². The predicted octanol–water partition coefficient (Wildman–Crippen LogP) is 5.73. The van der Waals surface area contributed by atoms with Crippen LogP contribution in [-0.2, 0) is 17.8 Å². The van der Waals surface area contributed by atoms with Crippen LogP contribution in [0.25, 0.3) is 9.88 Å². The lowest BCUT2D eigenvalue weighted by Crippen LogP contribution is -2.33. The first-order valence-corrected chi connectivity index (χ1v) is 11.2. The lowest BCUT2D eigenvalue weighted by molar-refractivity contribution is -0.131. The molecule has 0 N–H and O–H groups in total. The fraction of sp³-hybridized carbons (Fsp3) is 0.364. The number of carbonyl (C=O) groups is 1. The molecule has 3 aromatic rings. The highest BCUT2D eigenvalue weighted by molar-refractivity contribution is 7.20. The largest absolute Gasteiger partial charge is 0.335 e. The van der Waals surface area contributed by atoms with E-state index in [1.807, 2.05) is 11.4 Å². The van der Waals surface area contributed by atoms with Crippen LogP contribution in [0.3, 0.4) is 0 Å². The molecule has 1 aliphatic rings. The first-order valence-electron chi connectivity index (χ1n) is 9.46. The molecule has 0 spiro atoms. The van der Waals surface area contributed by atoms with Crippen molar-refractivity contribution in [2.75, 3.05) is 0 Å². The minimum absolute atomic E-state index is 0.188. The Bertz CT molecular complexity index is 893. The van der Waals surface area contributed by atoms with Crippen molar-refractivity contribution >= 4 is 28.6 Å². The standard InChI is InChI=1S/C22H24N2OS2/c1-15(2)17-7-5-16(6-8-17)13-24(19-9-10-19)21(25)12-18-14-27-22(23-18)20-4-3-11-26-20/h3-8,11,14-15,19H,9-10,12-13H2,1-2H3. The van der Waals surface area contributed by atoms with Crippen molar-refractivity contribution in [1.82, 2.24) is 9.88 Å². The van der Waals surface area contributed by atoms with Crippen molar-refractivity contribution in [2.45, 2.75) is 51.6 Å². The molecule has 2 heterocycles. The molecule has 1 aromatic carbocycles. The lowest BCUT2D eigenvalue weighted by Gasteiger charge is -2.22. The van der Waals surface area contributed by atoms with Crippen LogP contribution in [0.4, 0.5) is 0 Å². The third-order valence-electron chi connectivity index (χ3n) is 4.92. The van der Waals surface area contributed by atoms with Crippen molar-refractivity contribution in [2.24, 2.45) is 0 Å². The number of amides is 1. The second-order valence-corrected chi connectivity index (χ2v) is 9.25. The van der Waals surface area contributed by atoms with Gasteiger partial charge in [-0.05, 0) is 41.3 Å². The molecule has 1 saturated carbocycles. The highest BCUT2D eigenvalue weighted by Crippen LogP contribution is 2.31. The average molecular weight is 397 g/mol. The van der Waals surface area contributed by atoms with Crippen molar-refractivity contribution in [3.05, 3.63) is 64.0 Å². The van der Waals surface area contributed by atoms with E-state index in [0.29, 0.717) is 24.9 Å². The Morgan fingerprint density at radius 1 is 1.19 bits per heavy atom. The van der Waals surface area contributed by atoms with Gasteiger partial charge in [0.1, 0.15) is 5.01 Å². The molecule has 0 atom stereocenters. The van der Waals surface area contributed by atoms with Crippen molar-refractivity contribution in [1.29, 1.82) is 0 Å². The molecule has 1 aliphatic carbocycles. The minimum atomic E-state index is 0.188. The van der Waals surface area contributed by atoms with Crippen molar-refractivity contribution in [3.8, 4) is 9.88 Å². The molecule has 0 saturated heterocycles.